The van der Waals surface area contributed by atoms with E-state index in [0.29, 0.717) is 14.9 Å². The Bertz CT molecular complexity index is 1420. The van der Waals surface area contributed by atoms with Crippen LogP contribution in [-0.4, -0.2) is 22.9 Å². The number of benzene rings is 3. The average Bonchev–Trinajstić information content (AvgIpc) is 3.11. The molecule has 0 aliphatic carbocycles. The minimum Gasteiger partial charge on any atom is -0.268 e. The second kappa shape index (κ2) is 6.86. The van der Waals surface area contributed by atoms with E-state index < -0.39 is 21.6 Å². The maximum absolute atomic E-state index is 13.0. The van der Waals surface area contributed by atoms with Gasteiger partial charge in [0.05, 0.1) is 4.90 Å². The van der Waals surface area contributed by atoms with E-state index in [0.717, 1.165) is 27.3 Å². The van der Waals surface area contributed by atoms with Crippen LogP contribution in [0.5, 0.6) is 0 Å². The first-order valence-corrected chi connectivity index (χ1v) is 10.4. The molecule has 1 aromatic heterocycles. The SMILES string of the molecule is Cc1ccc(S(=O)(=O)n2ccn(C(=O)c3cccc4ccccc34)c2=O)cc1C. The van der Waals surface area contributed by atoms with Gasteiger partial charge < -0.3 is 0 Å². The van der Waals surface area contributed by atoms with Gasteiger partial charge in [0.2, 0.25) is 0 Å². The Morgan fingerprint density at radius 1 is 0.862 bits per heavy atom. The van der Waals surface area contributed by atoms with Gasteiger partial charge in [-0.25, -0.2) is 17.8 Å². The maximum Gasteiger partial charge on any atom is 0.349 e. The van der Waals surface area contributed by atoms with Gasteiger partial charge in [0, 0.05) is 18.0 Å². The molecule has 3 aromatic carbocycles. The first-order chi connectivity index (χ1) is 13.8. The van der Waals surface area contributed by atoms with Crippen molar-refractivity contribution in [1.29, 1.82) is 0 Å². The molecule has 0 saturated carbocycles. The standard InChI is InChI=1S/C22H18N2O4S/c1-15-10-11-18(14-16(15)2)29(27,28)24-13-12-23(22(24)26)21(25)20-9-5-7-17-6-3-4-8-19(17)20/h3-14H,1-2H3. The van der Waals surface area contributed by atoms with Crippen LogP contribution in [0, 0.1) is 13.8 Å². The Kier molecular flexibility index (Phi) is 4.47. The Morgan fingerprint density at radius 3 is 2.34 bits per heavy atom. The number of hydrogen-bond acceptors (Lipinski definition) is 4. The molecule has 0 aliphatic rings. The summed E-state index contributed by atoms with van der Waals surface area (Å²) in [6.07, 6.45) is 2.29. The highest BCUT2D eigenvalue weighted by atomic mass is 32.2. The third kappa shape index (κ3) is 3.09. The van der Waals surface area contributed by atoms with Crippen molar-refractivity contribution >= 4 is 26.7 Å². The first-order valence-electron chi connectivity index (χ1n) is 8.96. The fourth-order valence-electron chi connectivity index (χ4n) is 3.23. The zero-order valence-electron chi connectivity index (χ0n) is 15.9. The van der Waals surface area contributed by atoms with Crippen LogP contribution in [0.3, 0.4) is 0 Å². The van der Waals surface area contributed by atoms with Crippen molar-refractivity contribution in [1.82, 2.24) is 8.54 Å². The molecule has 0 aliphatic heterocycles. The predicted octanol–water partition coefficient (Wildman–Crippen LogP) is 3.35. The van der Waals surface area contributed by atoms with Crippen molar-refractivity contribution in [2.75, 3.05) is 0 Å². The van der Waals surface area contributed by atoms with Crippen LogP contribution in [0.1, 0.15) is 21.5 Å². The summed E-state index contributed by atoms with van der Waals surface area (Å²) in [4.78, 5) is 25.8. The highest BCUT2D eigenvalue weighted by molar-refractivity contribution is 7.90. The van der Waals surface area contributed by atoms with Gasteiger partial charge in [0.15, 0.2) is 0 Å². The lowest BCUT2D eigenvalue weighted by Crippen LogP contribution is -2.32. The molecule has 0 fully saturated rings. The van der Waals surface area contributed by atoms with Gasteiger partial charge in [0.25, 0.3) is 15.9 Å². The van der Waals surface area contributed by atoms with E-state index >= 15 is 0 Å². The molecular formula is C22H18N2O4S. The predicted molar refractivity (Wildman–Crippen MR) is 111 cm³/mol. The van der Waals surface area contributed by atoms with E-state index in [2.05, 4.69) is 0 Å². The molecule has 0 atom stereocenters. The summed E-state index contributed by atoms with van der Waals surface area (Å²) in [7, 11) is -4.12. The minimum absolute atomic E-state index is 0.00180. The molecule has 29 heavy (non-hydrogen) atoms. The summed E-state index contributed by atoms with van der Waals surface area (Å²) >= 11 is 0. The van der Waals surface area contributed by atoms with E-state index in [1.54, 1.807) is 37.3 Å². The summed E-state index contributed by atoms with van der Waals surface area (Å²) in [6, 6.07) is 17.2. The minimum atomic E-state index is -4.12. The van der Waals surface area contributed by atoms with Gasteiger partial charge in [-0.15, -0.1) is 0 Å². The van der Waals surface area contributed by atoms with Gasteiger partial charge in [0.1, 0.15) is 0 Å². The molecule has 4 aromatic rings. The summed E-state index contributed by atoms with van der Waals surface area (Å²) in [6.45, 7) is 3.67. The van der Waals surface area contributed by atoms with Crippen molar-refractivity contribution in [3.63, 3.8) is 0 Å². The van der Waals surface area contributed by atoms with Crippen LogP contribution >= 0.6 is 0 Å². The summed E-state index contributed by atoms with van der Waals surface area (Å²) in [5.41, 5.74) is 1.14. The molecule has 4 rings (SSSR count). The Balaban J connectivity index is 1.82. The topological polar surface area (TPSA) is 78.1 Å². The third-order valence-electron chi connectivity index (χ3n) is 5.02. The van der Waals surface area contributed by atoms with Crippen molar-refractivity contribution in [3.05, 3.63) is 100 Å². The Hall–Kier alpha value is -3.45. The molecule has 0 radical (unpaired) electrons. The normalized spacial score (nSPS) is 11.7. The van der Waals surface area contributed by atoms with Gasteiger partial charge in [-0.1, -0.05) is 42.5 Å². The first kappa shape index (κ1) is 18.9. The van der Waals surface area contributed by atoms with Crippen molar-refractivity contribution in [2.24, 2.45) is 0 Å². The van der Waals surface area contributed by atoms with Gasteiger partial charge in [-0.2, -0.15) is 3.97 Å². The highest BCUT2D eigenvalue weighted by Crippen LogP contribution is 2.20. The largest absolute Gasteiger partial charge is 0.349 e. The molecule has 6 nitrogen and oxygen atoms in total. The van der Waals surface area contributed by atoms with Crippen LogP contribution in [0.2, 0.25) is 0 Å². The molecule has 0 unspecified atom stereocenters. The third-order valence-corrected chi connectivity index (χ3v) is 6.67. The zero-order chi connectivity index (χ0) is 20.8. The van der Waals surface area contributed by atoms with Crippen molar-refractivity contribution in [3.8, 4) is 0 Å². The van der Waals surface area contributed by atoms with Gasteiger partial charge >= 0.3 is 5.69 Å². The number of carbonyl (C=O) groups is 1. The van der Waals surface area contributed by atoms with E-state index in [4.69, 9.17) is 0 Å². The molecule has 0 bridgehead atoms. The average molecular weight is 406 g/mol. The Morgan fingerprint density at radius 2 is 1.59 bits per heavy atom. The highest BCUT2D eigenvalue weighted by Gasteiger charge is 2.23. The van der Waals surface area contributed by atoms with E-state index in [1.165, 1.54) is 18.3 Å². The molecule has 1 heterocycles. The fraction of sp³-hybridized carbons (Fsp3) is 0.0909. The van der Waals surface area contributed by atoms with Crippen molar-refractivity contribution < 1.29 is 13.2 Å². The van der Waals surface area contributed by atoms with E-state index in [9.17, 15) is 18.0 Å². The monoisotopic (exact) mass is 406 g/mol. The van der Waals surface area contributed by atoms with Crippen LogP contribution in [-0.2, 0) is 10.0 Å². The van der Waals surface area contributed by atoms with Crippen LogP contribution in [0.4, 0.5) is 0 Å². The fourth-order valence-corrected chi connectivity index (χ4v) is 4.53. The maximum atomic E-state index is 13.0. The lowest BCUT2D eigenvalue weighted by molar-refractivity contribution is 0.0957. The number of fused-ring (bicyclic) bond motifs is 1. The lowest BCUT2D eigenvalue weighted by atomic mass is 10.0. The summed E-state index contributed by atoms with van der Waals surface area (Å²) in [5.74, 6) is -0.583. The molecule has 0 saturated heterocycles. The Labute approximate surface area is 167 Å². The quantitative estimate of drug-likeness (QED) is 0.523. The molecule has 7 heteroatoms. The molecule has 0 N–H and O–H groups in total. The smallest absolute Gasteiger partial charge is 0.268 e. The molecule has 0 amide bonds. The number of aryl methyl sites for hydroxylation is 2. The van der Waals surface area contributed by atoms with Crippen molar-refractivity contribution in [2.45, 2.75) is 18.7 Å². The second-order valence-corrected chi connectivity index (χ2v) is 8.64. The number of aromatic nitrogens is 2. The summed E-state index contributed by atoms with van der Waals surface area (Å²) in [5, 5.41) is 1.55. The van der Waals surface area contributed by atoms with Gasteiger partial charge in [-0.05, 0) is 53.9 Å². The van der Waals surface area contributed by atoms with E-state index in [1.807, 2.05) is 25.1 Å². The molecule has 0 spiro atoms. The van der Waals surface area contributed by atoms with Crippen LogP contribution in [0.25, 0.3) is 10.8 Å². The summed E-state index contributed by atoms with van der Waals surface area (Å²) < 4.78 is 27.3. The van der Waals surface area contributed by atoms with Crippen LogP contribution < -0.4 is 5.69 Å². The number of hydrogen-bond donors (Lipinski definition) is 0. The number of nitrogens with zero attached hydrogens (tertiary/aromatic N) is 2. The number of rotatable bonds is 3. The van der Waals surface area contributed by atoms with Crippen LogP contribution in [0.15, 0.2) is 82.7 Å². The molecular weight excluding hydrogens is 388 g/mol. The zero-order valence-corrected chi connectivity index (χ0v) is 16.7. The number of carbonyl (C=O) groups excluding carboxylic acids is 1. The number of imidazole rings is 1. The second-order valence-electron chi connectivity index (χ2n) is 6.83. The van der Waals surface area contributed by atoms with E-state index in [-0.39, 0.29) is 4.90 Å². The van der Waals surface area contributed by atoms with Gasteiger partial charge in [-0.3, -0.25) is 4.79 Å². The lowest BCUT2D eigenvalue weighted by Gasteiger charge is -2.08. The molecule has 146 valence electrons.